The molecule has 0 spiro atoms. The fraction of sp³-hybridized carbons (Fsp3) is 0.385. The molecule has 0 aliphatic carbocycles. The Labute approximate surface area is 105 Å². The van der Waals surface area contributed by atoms with Crippen molar-refractivity contribution in [3.05, 3.63) is 29.8 Å². The molecule has 4 nitrogen and oxygen atoms in total. The highest BCUT2D eigenvalue weighted by molar-refractivity contribution is 5.76. The Morgan fingerprint density at radius 2 is 2.33 bits per heavy atom. The van der Waals surface area contributed by atoms with Gasteiger partial charge in [0.15, 0.2) is 0 Å². The van der Waals surface area contributed by atoms with Crippen molar-refractivity contribution in [2.75, 3.05) is 6.54 Å². The molecule has 2 N–H and O–H groups in total. The van der Waals surface area contributed by atoms with Crippen LogP contribution in [0.15, 0.2) is 18.2 Å². The van der Waals surface area contributed by atoms with Crippen molar-refractivity contribution in [3.8, 4) is 0 Å². The molecule has 1 aromatic heterocycles. The van der Waals surface area contributed by atoms with Gasteiger partial charge in [-0.2, -0.15) is 0 Å². The first kappa shape index (κ1) is 12.5. The lowest BCUT2D eigenvalue weighted by Gasteiger charge is -2.01. The fourth-order valence-corrected chi connectivity index (χ4v) is 1.79. The Bertz CT molecular complexity index is 550. The zero-order chi connectivity index (χ0) is 13.0. The maximum absolute atomic E-state index is 13.0. The summed E-state index contributed by atoms with van der Waals surface area (Å²) in [6.45, 7) is 2.51. The topological polar surface area (TPSA) is 57.8 Å². The number of benzene rings is 1. The molecule has 0 bridgehead atoms. The maximum atomic E-state index is 13.0. The van der Waals surface area contributed by atoms with Crippen LogP contribution in [-0.2, 0) is 11.2 Å². The van der Waals surface area contributed by atoms with Crippen molar-refractivity contribution in [1.29, 1.82) is 0 Å². The molecule has 0 aliphatic rings. The molecule has 5 heteroatoms. The first-order valence-electron chi connectivity index (χ1n) is 6.10. The number of halogens is 1. The number of nitrogens with one attached hydrogen (secondary N) is 2. The average Bonchev–Trinajstić information content (AvgIpc) is 2.71. The summed E-state index contributed by atoms with van der Waals surface area (Å²) in [6.07, 6.45) is 2.01. The van der Waals surface area contributed by atoms with Crippen LogP contribution in [-0.4, -0.2) is 22.4 Å². The maximum Gasteiger partial charge on any atom is 0.219 e. The molecular weight excluding hydrogens is 233 g/mol. The SMILES string of the molecule is CCCC(=O)NCCc1nc2ccc(F)cc2[nH]1. The lowest BCUT2D eigenvalue weighted by Crippen LogP contribution is -2.25. The number of aromatic nitrogens is 2. The van der Waals surface area contributed by atoms with Gasteiger partial charge in [0.2, 0.25) is 5.91 Å². The molecule has 0 unspecified atom stereocenters. The van der Waals surface area contributed by atoms with Gasteiger partial charge in [-0.05, 0) is 24.6 Å². The zero-order valence-corrected chi connectivity index (χ0v) is 10.3. The number of fused-ring (bicyclic) bond motifs is 1. The molecule has 0 saturated heterocycles. The molecule has 1 aromatic carbocycles. The average molecular weight is 249 g/mol. The van der Waals surface area contributed by atoms with Crippen LogP contribution in [0.3, 0.4) is 0 Å². The van der Waals surface area contributed by atoms with E-state index >= 15 is 0 Å². The highest BCUT2D eigenvalue weighted by Gasteiger charge is 2.04. The lowest BCUT2D eigenvalue weighted by molar-refractivity contribution is -0.121. The van der Waals surface area contributed by atoms with E-state index in [-0.39, 0.29) is 11.7 Å². The normalized spacial score (nSPS) is 10.8. The van der Waals surface area contributed by atoms with Gasteiger partial charge in [0, 0.05) is 19.4 Å². The van der Waals surface area contributed by atoms with Crippen molar-refractivity contribution < 1.29 is 9.18 Å². The number of rotatable bonds is 5. The summed E-state index contributed by atoms with van der Waals surface area (Å²) in [7, 11) is 0. The number of imidazole rings is 1. The number of aromatic amines is 1. The summed E-state index contributed by atoms with van der Waals surface area (Å²) in [4.78, 5) is 18.6. The molecule has 96 valence electrons. The molecule has 2 aromatic rings. The van der Waals surface area contributed by atoms with Crippen LogP contribution in [0, 0.1) is 5.82 Å². The second kappa shape index (κ2) is 5.62. The fourth-order valence-electron chi connectivity index (χ4n) is 1.79. The Hall–Kier alpha value is -1.91. The van der Waals surface area contributed by atoms with Crippen LogP contribution < -0.4 is 5.32 Å². The van der Waals surface area contributed by atoms with Crippen molar-refractivity contribution in [1.82, 2.24) is 15.3 Å². The van der Waals surface area contributed by atoms with Gasteiger partial charge < -0.3 is 10.3 Å². The Morgan fingerprint density at radius 1 is 1.50 bits per heavy atom. The number of carbonyl (C=O) groups excluding carboxylic acids is 1. The highest BCUT2D eigenvalue weighted by Crippen LogP contribution is 2.12. The van der Waals surface area contributed by atoms with Crippen LogP contribution in [0.4, 0.5) is 4.39 Å². The Kier molecular flexibility index (Phi) is 3.92. The molecule has 1 heterocycles. The predicted molar refractivity (Wildman–Crippen MR) is 67.7 cm³/mol. The first-order chi connectivity index (χ1) is 8.69. The summed E-state index contributed by atoms with van der Waals surface area (Å²) >= 11 is 0. The van der Waals surface area contributed by atoms with Gasteiger partial charge >= 0.3 is 0 Å². The molecule has 0 atom stereocenters. The third kappa shape index (κ3) is 3.06. The number of carbonyl (C=O) groups is 1. The monoisotopic (exact) mass is 249 g/mol. The zero-order valence-electron chi connectivity index (χ0n) is 10.3. The van der Waals surface area contributed by atoms with Gasteiger partial charge in [-0.15, -0.1) is 0 Å². The highest BCUT2D eigenvalue weighted by atomic mass is 19.1. The van der Waals surface area contributed by atoms with Gasteiger partial charge in [0.05, 0.1) is 11.0 Å². The van der Waals surface area contributed by atoms with E-state index in [2.05, 4.69) is 15.3 Å². The van der Waals surface area contributed by atoms with Crippen LogP contribution >= 0.6 is 0 Å². The van der Waals surface area contributed by atoms with E-state index in [0.717, 1.165) is 17.8 Å². The molecule has 18 heavy (non-hydrogen) atoms. The van der Waals surface area contributed by atoms with Crippen molar-refractivity contribution in [2.24, 2.45) is 0 Å². The largest absolute Gasteiger partial charge is 0.356 e. The second-order valence-corrected chi connectivity index (χ2v) is 4.19. The van der Waals surface area contributed by atoms with Gasteiger partial charge in [0.1, 0.15) is 11.6 Å². The first-order valence-corrected chi connectivity index (χ1v) is 6.10. The third-order valence-electron chi connectivity index (χ3n) is 2.65. The molecule has 0 radical (unpaired) electrons. The molecule has 0 saturated carbocycles. The summed E-state index contributed by atoms with van der Waals surface area (Å²) in [6, 6.07) is 4.44. The number of hydrogen-bond acceptors (Lipinski definition) is 2. The van der Waals surface area contributed by atoms with E-state index in [0.29, 0.717) is 24.9 Å². The smallest absolute Gasteiger partial charge is 0.219 e. The van der Waals surface area contributed by atoms with E-state index < -0.39 is 0 Å². The molecule has 2 rings (SSSR count). The third-order valence-corrected chi connectivity index (χ3v) is 2.65. The van der Waals surface area contributed by atoms with Crippen LogP contribution in [0.5, 0.6) is 0 Å². The number of amides is 1. The van der Waals surface area contributed by atoms with Gasteiger partial charge in [0.25, 0.3) is 0 Å². The molecule has 0 aliphatic heterocycles. The van der Waals surface area contributed by atoms with Crippen molar-refractivity contribution >= 4 is 16.9 Å². The van der Waals surface area contributed by atoms with Crippen LogP contribution in [0.2, 0.25) is 0 Å². The second-order valence-electron chi connectivity index (χ2n) is 4.19. The minimum Gasteiger partial charge on any atom is -0.356 e. The quantitative estimate of drug-likeness (QED) is 0.853. The van der Waals surface area contributed by atoms with Gasteiger partial charge in [-0.3, -0.25) is 4.79 Å². The molecule has 1 amide bonds. The van der Waals surface area contributed by atoms with Crippen molar-refractivity contribution in [2.45, 2.75) is 26.2 Å². The van der Waals surface area contributed by atoms with Gasteiger partial charge in [-0.25, -0.2) is 9.37 Å². The summed E-state index contributed by atoms with van der Waals surface area (Å²) < 4.78 is 13.0. The van der Waals surface area contributed by atoms with Crippen LogP contribution in [0.1, 0.15) is 25.6 Å². The summed E-state index contributed by atoms with van der Waals surface area (Å²) in [5.74, 6) is 0.529. The Balaban J connectivity index is 1.94. The number of H-pyrrole nitrogens is 1. The van der Waals surface area contributed by atoms with E-state index in [1.165, 1.54) is 12.1 Å². The lowest BCUT2D eigenvalue weighted by atomic mass is 10.3. The summed E-state index contributed by atoms with van der Waals surface area (Å²) in [5.41, 5.74) is 1.43. The minimum absolute atomic E-state index is 0.0552. The van der Waals surface area contributed by atoms with E-state index in [1.54, 1.807) is 6.07 Å². The standard InChI is InChI=1S/C13H16FN3O/c1-2-3-13(18)15-7-6-12-16-10-5-4-9(14)8-11(10)17-12/h4-5,8H,2-3,6-7H2,1H3,(H,15,18)(H,16,17). The molecular formula is C13H16FN3O. The van der Waals surface area contributed by atoms with E-state index in [9.17, 15) is 9.18 Å². The van der Waals surface area contributed by atoms with Gasteiger partial charge in [-0.1, -0.05) is 6.92 Å². The minimum atomic E-state index is -0.283. The summed E-state index contributed by atoms with van der Waals surface area (Å²) in [5, 5.41) is 2.81. The number of hydrogen-bond donors (Lipinski definition) is 2. The Morgan fingerprint density at radius 3 is 3.11 bits per heavy atom. The molecule has 0 fully saturated rings. The van der Waals surface area contributed by atoms with Crippen LogP contribution in [0.25, 0.3) is 11.0 Å². The van der Waals surface area contributed by atoms with Crippen molar-refractivity contribution in [3.63, 3.8) is 0 Å². The predicted octanol–water partition coefficient (Wildman–Crippen LogP) is 2.16. The number of nitrogens with zero attached hydrogens (tertiary/aromatic N) is 1. The van der Waals surface area contributed by atoms with E-state index in [1.807, 2.05) is 6.92 Å². The van der Waals surface area contributed by atoms with E-state index in [4.69, 9.17) is 0 Å².